The zero-order valence-electron chi connectivity index (χ0n) is 8.58. The first-order valence-electron chi connectivity index (χ1n) is 4.37. The molecule has 0 atom stereocenters. The van der Waals surface area contributed by atoms with Gasteiger partial charge in [-0.25, -0.2) is 0 Å². The standard InChI is InChI=1S/C8H12F3N3O.ClH/c1-14-6(5-12-2-3-15)4-7(13-14)8(9,10)11;/h4,12,15H,2-3,5H2,1H3;1H. The molecule has 94 valence electrons. The summed E-state index contributed by atoms with van der Waals surface area (Å²) in [6.07, 6.45) is -4.41. The Morgan fingerprint density at radius 1 is 1.50 bits per heavy atom. The van der Waals surface area contributed by atoms with Crippen LogP contribution in [-0.2, 0) is 19.8 Å². The highest BCUT2D eigenvalue weighted by atomic mass is 35.5. The highest BCUT2D eigenvalue weighted by molar-refractivity contribution is 5.85. The van der Waals surface area contributed by atoms with Crippen molar-refractivity contribution in [3.05, 3.63) is 17.5 Å². The summed E-state index contributed by atoms with van der Waals surface area (Å²) in [5, 5.41) is 14.6. The molecule has 0 radical (unpaired) electrons. The predicted molar refractivity (Wildman–Crippen MR) is 54.3 cm³/mol. The summed E-state index contributed by atoms with van der Waals surface area (Å²) < 4.78 is 37.9. The second kappa shape index (κ2) is 6.07. The van der Waals surface area contributed by atoms with E-state index in [4.69, 9.17) is 5.11 Å². The number of aliphatic hydroxyl groups is 1. The number of aliphatic hydroxyl groups excluding tert-OH is 1. The molecule has 1 heterocycles. The van der Waals surface area contributed by atoms with Gasteiger partial charge < -0.3 is 10.4 Å². The molecule has 0 unspecified atom stereocenters. The van der Waals surface area contributed by atoms with Crippen LogP contribution in [0, 0.1) is 0 Å². The first-order valence-corrected chi connectivity index (χ1v) is 4.37. The van der Waals surface area contributed by atoms with Crippen molar-refractivity contribution in [1.82, 2.24) is 15.1 Å². The summed E-state index contributed by atoms with van der Waals surface area (Å²) in [4.78, 5) is 0. The molecule has 0 aliphatic rings. The van der Waals surface area contributed by atoms with Crippen LogP contribution >= 0.6 is 12.4 Å². The molecule has 1 aromatic rings. The number of aryl methyl sites for hydroxylation is 1. The minimum Gasteiger partial charge on any atom is -0.395 e. The summed E-state index contributed by atoms with van der Waals surface area (Å²) in [6, 6.07) is 0.990. The molecule has 0 amide bonds. The number of alkyl halides is 3. The van der Waals surface area contributed by atoms with Crippen molar-refractivity contribution >= 4 is 12.4 Å². The normalized spacial score (nSPS) is 11.3. The lowest BCUT2D eigenvalue weighted by Gasteiger charge is -2.01. The molecule has 0 saturated heterocycles. The number of nitrogens with one attached hydrogen (secondary N) is 1. The van der Waals surface area contributed by atoms with Gasteiger partial charge in [0, 0.05) is 20.1 Å². The second-order valence-corrected chi connectivity index (χ2v) is 3.04. The van der Waals surface area contributed by atoms with Crippen molar-refractivity contribution < 1.29 is 18.3 Å². The van der Waals surface area contributed by atoms with E-state index < -0.39 is 11.9 Å². The van der Waals surface area contributed by atoms with Gasteiger partial charge in [0.1, 0.15) is 0 Å². The lowest BCUT2D eigenvalue weighted by atomic mass is 10.3. The second-order valence-electron chi connectivity index (χ2n) is 3.04. The SMILES string of the molecule is Cl.Cn1nc(C(F)(F)F)cc1CNCCO. The molecule has 1 rings (SSSR count). The van der Waals surface area contributed by atoms with Crippen LogP contribution < -0.4 is 5.32 Å². The Balaban J connectivity index is 0.00000225. The van der Waals surface area contributed by atoms with Crippen molar-refractivity contribution in [2.75, 3.05) is 13.2 Å². The van der Waals surface area contributed by atoms with Crippen LogP contribution in [0.4, 0.5) is 13.2 Å². The molecule has 0 aliphatic heterocycles. The third-order valence-electron chi connectivity index (χ3n) is 1.86. The molecule has 2 N–H and O–H groups in total. The summed E-state index contributed by atoms with van der Waals surface area (Å²) >= 11 is 0. The van der Waals surface area contributed by atoms with Gasteiger partial charge in [0.25, 0.3) is 0 Å². The fraction of sp³-hybridized carbons (Fsp3) is 0.625. The zero-order chi connectivity index (χ0) is 11.5. The number of aromatic nitrogens is 2. The Morgan fingerprint density at radius 3 is 2.56 bits per heavy atom. The van der Waals surface area contributed by atoms with Gasteiger partial charge in [0.15, 0.2) is 5.69 Å². The number of nitrogens with zero attached hydrogens (tertiary/aromatic N) is 2. The van der Waals surface area contributed by atoms with Crippen LogP contribution in [0.5, 0.6) is 0 Å². The van der Waals surface area contributed by atoms with Gasteiger partial charge >= 0.3 is 6.18 Å². The van der Waals surface area contributed by atoms with Gasteiger partial charge in [-0.05, 0) is 6.07 Å². The Kier molecular flexibility index (Phi) is 5.77. The van der Waals surface area contributed by atoms with Crippen LogP contribution in [0.3, 0.4) is 0 Å². The van der Waals surface area contributed by atoms with Crippen molar-refractivity contribution in [2.45, 2.75) is 12.7 Å². The molecule has 0 spiro atoms. The summed E-state index contributed by atoms with van der Waals surface area (Å²) in [7, 11) is 1.45. The first-order chi connectivity index (χ1) is 6.95. The molecule has 0 saturated carbocycles. The first kappa shape index (κ1) is 15.2. The Hall–Kier alpha value is -0.790. The van der Waals surface area contributed by atoms with Crippen molar-refractivity contribution in [1.29, 1.82) is 0 Å². The van der Waals surface area contributed by atoms with Gasteiger partial charge in [-0.2, -0.15) is 18.3 Å². The van der Waals surface area contributed by atoms with Gasteiger partial charge in [-0.1, -0.05) is 0 Å². The van der Waals surface area contributed by atoms with E-state index in [2.05, 4.69) is 10.4 Å². The molecule has 0 bridgehead atoms. The largest absolute Gasteiger partial charge is 0.435 e. The number of hydrogen-bond acceptors (Lipinski definition) is 3. The zero-order valence-corrected chi connectivity index (χ0v) is 9.40. The molecular weight excluding hydrogens is 247 g/mol. The maximum absolute atomic E-state index is 12.2. The molecule has 0 fully saturated rings. The lowest BCUT2D eigenvalue weighted by molar-refractivity contribution is -0.141. The minimum absolute atomic E-state index is 0. The van der Waals surface area contributed by atoms with Crippen molar-refractivity contribution in [3.8, 4) is 0 Å². The number of rotatable bonds is 4. The molecule has 1 aromatic heterocycles. The minimum atomic E-state index is -4.41. The van der Waals surface area contributed by atoms with E-state index in [1.54, 1.807) is 0 Å². The van der Waals surface area contributed by atoms with E-state index in [1.165, 1.54) is 11.7 Å². The summed E-state index contributed by atoms with van der Waals surface area (Å²) in [5.74, 6) is 0. The number of halogens is 4. The highest BCUT2D eigenvalue weighted by Crippen LogP contribution is 2.28. The Bertz CT molecular complexity index is 327. The lowest BCUT2D eigenvalue weighted by Crippen LogP contribution is -2.19. The van der Waals surface area contributed by atoms with Crippen molar-refractivity contribution in [2.24, 2.45) is 7.05 Å². The fourth-order valence-corrected chi connectivity index (χ4v) is 1.11. The Morgan fingerprint density at radius 2 is 2.12 bits per heavy atom. The van der Waals surface area contributed by atoms with Gasteiger partial charge in [0.2, 0.25) is 0 Å². The van der Waals surface area contributed by atoms with Gasteiger partial charge in [-0.15, -0.1) is 12.4 Å². The highest BCUT2D eigenvalue weighted by Gasteiger charge is 2.34. The average molecular weight is 260 g/mol. The average Bonchev–Trinajstić information content (AvgIpc) is 2.48. The van der Waals surface area contributed by atoms with E-state index in [1.807, 2.05) is 0 Å². The molecule has 0 aromatic carbocycles. The number of hydrogen-bond donors (Lipinski definition) is 2. The molecular formula is C8H13ClF3N3O. The molecule has 4 nitrogen and oxygen atoms in total. The van der Waals surface area contributed by atoms with Crippen LogP contribution in [-0.4, -0.2) is 28.0 Å². The Labute approximate surface area is 96.9 Å². The van der Waals surface area contributed by atoms with E-state index >= 15 is 0 Å². The monoisotopic (exact) mass is 259 g/mol. The molecule has 0 aliphatic carbocycles. The van der Waals surface area contributed by atoms with Crippen LogP contribution in [0.15, 0.2) is 6.07 Å². The summed E-state index contributed by atoms with van der Waals surface area (Å²) in [5.41, 5.74) is -0.471. The summed E-state index contributed by atoms with van der Waals surface area (Å²) in [6.45, 7) is 0.538. The van der Waals surface area contributed by atoms with E-state index in [0.717, 1.165) is 6.07 Å². The van der Waals surface area contributed by atoms with E-state index in [-0.39, 0.29) is 25.6 Å². The maximum Gasteiger partial charge on any atom is 0.435 e. The third kappa shape index (κ3) is 3.99. The van der Waals surface area contributed by atoms with Crippen LogP contribution in [0.25, 0.3) is 0 Å². The molecule has 16 heavy (non-hydrogen) atoms. The fourth-order valence-electron chi connectivity index (χ4n) is 1.11. The maximum atomic E-state index is 12.2. The quantitative estimate of drug-likeness (QED) is 0.792. The van der Waals surface area contributed by atoms with E-state index in [0.29, 0.717) is 12.2 Å². The molecule has 8 heteroatoms. The third-order valence-corrected chi connectivity index (χ3v) is 1.86. The van der Waals surface area contributed by atoms with E-state index in [9.17, 15) is 13.2 Å². The topological polar surface area (TPSA) is 50.1 Å². The van der Waals surface area contributed by atoms with Gasteiger partial charge in [0.05, 0.1) is 12.3 Å². The van der Waals surface area contributed by atoms with Gasteiger partial charge in [-0.3, -0.25) is 4.68 Å². The smallest absolute Gasteiger partial charge is 0.395 e. The van der Waals surface area contributed by atoms with Crippen molar-refractivity contribution in [3.63, 3.8) is 0 Å². The van der Waals surface area contributed by atoms with Crippen LogP contribution in [0.1, 0.15) is 11.4 Å². The predicted octanol–water partition coefficient (Wildman–Crippen LogP) is 0.943. The van der Waals surface area contributed by atoms with Crippen LogP contribution in [0.2, 0.25) is 0 Å².